The molecule has 1 aliphatic rings. The smallest absolute Gasteiger partial charge is 0.338 e. The van der Waals surface area contributed by atoms with E-state index in [-0.39, 0.29) is 23.5 Å². The lowest BCUT2D eigenvalue weighted by Gasteiger charge is -2.26. The summed E-state index contributed by atoms with van der Waals surface area (Å²) in [6, 6.07) is 9.20. The number of fused-ring (bicyclic) bond motifs is 1. The number of benzene rings is 2. The van der Waals surface area contributed by atoms with Crippen molar-refractivity contribution in [3.8, 4) is 17.2 Å². The molecule has 182 valence electrons. The molecule has 10 heteroatoms. The zero-order valence-electron chi connectivity index (χ0n) is 19.5. The zero-order chi connectivity index (χ0) is 25.3. The van der Waals surface area contributed by atoms with Crippen molar-refractivity contribution in [2.24, 2.45) is 4.99 Å². The lowest BCUT2D eigenvalue weighted by molar-refractivity contribution is -0.139. The molecule has 0 saturated heterocycles. The second-order valence-corrected chi connectivity index (χ2v) is 9.49. The van der Waals surface area contributed by atoms with Gasteiger partial charge in [0, 0.05) is 4.47 Å². The van der Waals surface area contributed by atoms with E-state index in [1.54, 1.807) is 56.3 Å². The number of aromatic hydroxyl groups is 1. The minimum absolute atomic E-state index is 0.136. The Balaban J connectivity index is 2.01. The van der Waals surface area contributed by atoms with Crippen LogP contribution >= 0.6 is 27.3 Å². The van der Waals surface area contributed by atoms with Gasteiger partial charge in [-0.1, -0.05) is 39.4 Å². The van der Waals surface area contributed by atoms with Crippen molar-refractivity contribution in [1.29, 1.82) is 0 Å². The van der Waals surface area contributed by atoms with Gasteiger partial charge in [0.1, 0.15) is 5.75 Å². The standard InChI is InChI=1S/C25H23BrN2O6S/c1-5-34-24(31)21-13(2)27-25-28(22(21)16-11-18(32-3)19(33-4)12-17(16)26)23(30)20(35-25)10-14-6-8-15(29)9-7-14/h6-12,22,29H,5H2,1-4H3/b20-10+/t22-/m1/s1. The highest BCUT2D eigenvalue weighted by atomic mass is 79.9. The Morgan fingerprint density at radius 2 is 1.86 bits per heavy atom. The molecule has 0 fully saturated rings. The molecule has 0 spiro atoms. The summed E-state index contributed by atoms with van der Waals surface area (Å²) < 4.78 is 18.8. The minimum Gasteiger partial charge on any atom is -0.508 e. The fourth-order valence-electron chi connectivity index (χ4n) is 3.89. The first-order valence-electron chi connectivity index (χ1n) is 10.7. The highest BCUT2D eigenvalue weighted by molar-refractivity contribution is 9.10. The van der Waals surface area contributed by atoms with Crippen LogP contribution in [-0.2, 0) is 9.53 Å². The summed E-state index contributed by atoms with van der Waals surface area (Å²) in [5.74, 6) is 0.542. The van der Waals surface area contributed by atoms with E-state index < -0.39 is 12.0 Å². The normalized spacial score (nSPS) is 15.5. The largest absolute Gasteiger partial charge is 0.508 e. The van der Waals surface area contributed by atoms with Crippen molar-refractivity contribution in [3.63, 3.8) is 0 Å². The number of esters is 1. The number of phenols is 1. The summed E-state index contributed by atoms with van der Waals surface area (Å²) in [5, 5.41) is 9.57. The van der Waals surface area contributed by atoms with Crippen molar-refractivity contribution in [2.45, 2.75) is 19.9 Å². The predicted molar refractivity (Wildman–Crippen MR) is 136 cm³/mol. The molecule has 3 aromatic rings. The van der Waals surface area contributed by atoms with Gasteiger partial charge < -0.3 is 19.3 Å². The van der Waals surface area contributed by atoms with Crippen molar-refractivity contribution >= 4 is 39.3 Å². The first-order valence-corrected chi connectivity index (χ1v) is 12.3. The minimum atomic E-state index is -0.804. The Labute approximate surface area is 213 Å². The monoisotopic (exact) mass is 558 g/mol. The van der Waals surface area contributed by atoms with Gasteiger partial charge in [0.05, 0.1) is 42.7 Å². The van der Waals surface area contributed by atoms with E-state index in [4.69, 9.17) is 14.2 Å². The molecule has 8 nitrogen and oxygen atoms in total. The molecular weight excluding hydrogens is 536 g/mol. The van der Waals surface area contributed by atoms with Gasteiger partial charge in [0.25, 0.3) is 5.56 Å². The van der Waals surface area contributed by atoms with Crippen LogP contribution in [0.1, 0.15) is 31.0 Å². The van der Waals surface area contributed by atoms with Crippen molar-refractivity contribution < 1.29 is 24.1 Å². The molecular formula is C25H23BrN2O6S. The molecule has 0 aliphatic carbocycles. The zero-order valence-corrected chi connectivity index (χ0v) is 21.9. The van der Waals surface area contributed by atoms with E-state index in [0.717, 1.165) is 5.56 Å². The summed E-state index contributed by atoms with van der Waals surface area (Å²) in [7, 11) is 3.05. The Morgan fingerprint density at radius 1 is 1.20 bits per heavy atom. The fourth-order valence-corrected chi connectivity index (χ4v) is 5.47. The summed E-state index contributed by atoms with van der Waals surface area (Å²) in [4.78, 5) is 31.8. The number of rotatable bonds is 6. The van der Waals surface area contributed by atoms with Gasteiger partial charge in [-0.3, -0.25) is 9.36 Å². The molecule has 1 N–H and O–H groups in total. The number of hydrogen-bond acceptors (Lipinski definition) is 8. The highest BCUT2D eigenvalue weighted by Crippen LogP contribution is 2.40. The van der Waals surface area contributed by atoms with Crippen LogP contribution in [0, 0.1) is 0 Å². The second-order valence-electron chi connectivity index (χ2n) is 7.62. The average molecular weight is 559 g/mol. The third kappa shape index (κ3) is 4.63. The van der Waals surface area contributed by atoms with Crippen LogP contribution < -0.4 is 24.4 Å². The van der Waals surface area contributed by atoms with Gasteiger partial charge in [-0.05, 0) is 55.3 Å². The molecule has 0 amide bonds. The molecule has 2 heterocycles. The molecule has 4 rings (SSSR count). The van der Waals surface area contributed by atoms with Crippen LogP contribution in [0.25, 0.3) is 6.08 Å². The third-order valence-electron chi connectivity index (χ3n) is 5.51. The SMILES string of the molecule is CCOC(=O)C1=C(C)N=c2s/c(=C/c3ccc(O)cc3)c(=O)n2[C@@H]1c1cc(OC)c(OC)cc1Br. The third-order valence-corrected chi connectivity index (χ3v) is 7.18. The van der Waals surface area contributed by atoms with E-state index in [1.807, 2.05) is 0 Å². The topological polar surface area (TPSA) is 99.4 Å². The lowest BCUT2D eigenvalue weighted by Crippen LogP contribution is -2.40. The Hall–Kier alpha value is -3.37. The number of aromatic nitrogens is 1. The maximum Gasteiger partial charge on any atom is 0.338 e. The van der Waals surface area contributed by atoms with Gasteiger partial charge >= 0.3 is 5.97 Å². The Bertz CT molecular complexity index is 1500. The number of halogens is 1. The maximum atomic E-state index is 13.7. The number of carbonyl (C=O) groups is 1. The highest BCUT2D eigenvalue weighted by Gasteiger charge is 2.35. The van der Waals surface area contributed by atoms with Crippen LogP contribution in [0.4, 0.5) is 0 Å². The average Bonchev–Trinajstić information content (AvgIpc) is 3.14. The van der Waals surface area contributed by atoms with Gasteiger partial charge in [-0.2, -0.15) is 0 Å². The van der Waals surface area contributed by atoms with E-state index in [0.29, 0.717) is 36.6 Å². The number of phenolic OH excluding ortho intramolecular Hbond substituents is 1. The van der Waals surface area contributed by atoms with Crippen LogP contribution in [-0.4, -0.2) is 36.5 Å². The quantitative estimate of drug-likeness (QED) is 0.466. The molecule has 0 bridgehead atoms. The molecule has 2 aromatic carbocycles. The van der Waals surface area contributed by atoms with Crippen LogP contribution in [0.5, 0.6) is 17.2 Å². The molecule has 1 aliphatic heterocycles. The lowest BCUT2D eigenvalue weighted by atomic mass is 9.95. The van der Waals surface area contributed by atoms with Gasteiger partial charge in [-0.25, -0.2) is 9.79 Å². The van der Waals surface area contributed by atoms with Gasteiger partial charge in [-0.15, -0.1) is 0 Å². The molecule has 0 saturated carbocycles. The fraction of sp³-hybridized carbons (Fsp3) is 0.240. The Kier molecular flexibility index (Phi) is 7.13. The molecule has 0 unspecified atom stereocenters. The summed E-state index contributed by atoms with van der Waals surface area (Å²) >= 11 is 4.80. The van der Waals surface area contributed by atoms with Crippen LogP contribution in [0.2, 0.25) is 0 Å². The molecule has 0 radical (unpaired) electrons. The van der Waals surface area contributed by atoms with Gasteiger partial charge in [0.2, 0.25) is 0 Å². The number of nitrogens with zero attached hydrogens (tertiary/aromatic N) is 2. The van der Waals surface area contributed by atoms with Crippen molar-refractivity contribution in [1.82, 2.24) is 4.57 Å². The summed E-state index contributed by atoms with van der Waals surface area (Å²) in [5.41, 5.74) is 1.80. The Morgan fingerprint density at radius 3 is 2.49 bits per heavy atom. The van der Waals surface area contributed by atoms with Crippen molar-refractivity contribution in [2.75, 3.05) is 20.8 Å². The van der Waals surface area contributed by atoms with E-state index in [1.165, 1.54) is 30.1 Å². The molecule has 1 atom stereocenters. The first kappa shape index (κ1) is 24.7. The van der Waals surface area contributed by atoms with Crippen molar-refractivity contribution in [3.05, 3.63) is 83.0 Å². The van der Waals surface area contributed by atoms with Crippen LogP contribution in [0.15, 0.2) is 61.9 Å². The molecule has 1 aromatic heterocycles. The van der Waals surface area contributed by atoms with E-state index >= 15 is 0 Å². The number of carbonyl (C=O) groups excluding carboxylic acids is 1. The summed E-state index contributed by atoms with van der Waals surface area (Å²) in [6.45, 7) is 3.63. The molecule has 35 heavy (non-hydrogen) atoms. The van der Waals surface area contributed by atoms with Crippen LogP contribution in [0.3, 0.4) is 0 Å². The summed E-state index contributed by atoms with van der Waals surface area (Å²) in [6.07, 6.45) is 1.73. The predicted octanol–water partition coefficient (Wildman–Crippen LogP) is 3.28. The second kappa shape index (κ2) is 10.1. The number of methoxy groups -OCH3 is 2. The number of allylic oxidation sites excluding steroid dienone is 1. The number of thiazole rings is 1. The number of hydrogen-bond donors (Lipinski definition) is 1. The van der Waals surface area contributed by atoms with E-state index in [2.05, 4.69) is 20.9 Å². The van der Waals surface area contributed by atoms with Gasteiger partial charge in [0.15, 0.2) is 16.3 Å². The maximum absolute atomic E-state index is 13.7. The van der Waals surface area contributed by atoms with E-state index in [9.17, 15) is 14.7 Å². The number of ether oxygens (including phenoxy) is 3. The first-order chi connectivity index (χ1) is 16.8.